The molecule has 1 atom stereocenters. The number of carbonyl (C=O) groups is 2. The molecule has 16 heavy (non-hydrogen) atoms. The van der Waals surface area contributed by atoms with Crippen molar-refractivity contribution in [2.24, 2.45) is 0 Å². The van der Waals surface area contributed by atoms with E-state index in [0.29, 0.717) is 18.8 Å². The van der Waals surface area contributed by atoms with Crippen LogP contribution >= 0.6 is 0 Å². The van der Waals surface area contributed by atoms with Gasteiger partial charge < -0.3 is 5.11 Å². The Morgan fingerprint density at radius 1 is 1.62 bits per heavy atom. The quantitative estimate of drug-likeness (QED) is 0.787. The number of carboxylic acid groups (broad SMARTS) is 1. The second-order valence-corrected chi connectivity index (χ2v) is 3.90. The molecule has 1 aliphatic heterocycles. The predicted octanol–water partition coefficient (Wildman–Crippen LogP) is 0.401. The number of carboxylic acids is 1. The third-order valence-electron chi connectivity index (χ3n) is 2.68. The summed E-state index contributed by atoms with van der Waals surface area (Å²) < 4.78 is 1.68. The zero-order valence-corrected chi connectivity index (χ0v) is 9.17. The van der Waals surface area contributed by atoms with Crippen molar-refractivity contribution >= 4 is 17.7 Å². The van der Waals surface area contributed by atoms with Gasteiger partial charge in [-0.05, 0) is 13.8 Å². The summed E-state index contributed by atoms with van der Waals surface area (Å²) in [6.07, 6.45) is 0.297. The Morgan fingerprint density at radius 3 is 2.94 bits per heavy atom. The minimum atomic E-state index is -1.01. The number of amides is 1. The van der Waals surface area contributed by atoms with Gasteiger partial charge in [0.05, 0.1) is 12.2 Å². The minimum absolute atomic E-state index is 0.165. The fraction of sp³-hybridized carbons (Fsp3) is 0.500. The summed E-state index contributed by atoms with van der Waals surface area (Å²) in [5.74, 6) is -0.605. The number of rotatable bonds is 2. The predicted molar refractivity (Wildman–Crippen MR) is 56.2 cm³/mol. The van der Waals surface area contributed by atoms with Crippen molar-refractivity contribution in [1.82, 2.24) is 9.78 Å². The maximum atomic E-state index is 11.7. The maximum absolute atomic E-state index is 11.7. The molecule has 0 unspecified atom stereocenters. The standard InChI is InChI=1S/C10H13N3O3/c1-6-5-8-12(11-6)4-3-9(14)13(8)7(2)10(15)16/h5,7H,3-4H2,1-2H3,(H,15,16)/t7-/m1/s1. The smallest absolute Gasteiger partial charge is 0.326 e. The Bertz CT molecular complexity index is 452. The fourth-order valence-electron chi connectivity index (χ4n) is 1.86. The van der Waals surface area contributed by atoms with Gasteiger partial charge in [-0.15, -0.1) is 0 Å². The zero-order valence-electron chi connectivity index (χ0n) is 9.17. The SMILES string of the molecule is Cc1cc2n(n1)CCC(=O)N2[C@H](C)C(=O)O. The van der Waals surface area contributed by atoms with Gasteiger partial charge in [0.2, 0.25) is 5.91 Å². The minimum Gasteiger partial charge on any atom is -0.480 e. The van der Waals surface area contributed by atoms with Crippen molar-refractivity contribution in [1.29, 1.82) is 0 Å². The highest BCUT2D eigenvalue weighted by atomic mass is 16.4. The molecule has 1 N–H and O–H groups in total. The highest BCUT2D eigenvalue weighted by Crippen LogP contribution is 2.24. The van der Waals surface area contributed by atoms with Crippen molar-refractivity contribution in [3.63, 3.8) is 0 Å². The second kappa shape index (κ2) is 3.62. The molecule has 0 radical (unpaired) electrons. The van der Waals surface area contributed by atoms with Gasteiger partial charge in [0.25, 0.3) is 0 Å². The lowest BCUT2D eigenvalue weighted by Gasteiger charge is -2.30. The molecule has 0 fully saturated rings. The maximum Gasteiger partial charge on any atom is 0.326 e. The molecule has 1 aromatic rings. The fourth-order valence-corrected chi connectivity index (χ4v) is 1.86. The summed E-state index contributed by atoms with van der Waals surface area (Å²) in [7, 11) is 0. The highest BCUT2D eigenvalue weighted by molar-refractivity contribution is 5.99. The molecular formula is C10H13N3O3. The number of hydrogen-bond acceptors (Lipinski definition) is 3. The van der Waals surface area contributed by atoms with Crippen molar-refractivity contribution in [2.75, 3.05) is 4.90 Å². The number of carbonyl (C=O) groups excluding carboxylic acids is 1. The molecular weight excluding hydrogens is 210 g/mol. The Hall–Kier alpha value is -1.85. The monoisotopic (exact) mass is 223 g/mol. The molecule has 0 aromatic carbocycles. The molecule has 2 rings (SSSR count). The molecule has 0 spiro atoms. The highest BCUT2D eigenvalue weighted by Gasteiger charge is 2.32. The van der Waals surface area contributed by atoms with E-state index < -0.39 is 12.0 Å². The van der Waals surface area contributed by atoms with Crippen LogP contribution in [0, 0.1) is 6.92 Å². The van der Waals surface area contributed by atoms with E-state index in [9.17, 15) is 9.59 Å². The van der Waals surface area contributed by atoms with Gasteiger partial charge in [-0.3, -0.25) is 9.69 Å². The largest absolute Gasteiger partial charge is 0.480 e. The van der Waals surface area contributed by atoms with Gasteiger partial charge in [0.15, 0.2) is 0 Å². The van der Waals surface area contributed by atoms with Crippen molar-refractivity contribution in [3.8, 4) is 0 Å². The third-order valence-corrected chi connectivity index (χ3v) is 2.68. The van der Waals surface area contributed by atoms with E-state index in [2.05, 4.69) is 5.10 Å². The Balaban J connectivity index is 2.44. The van der Waals surface area contributed by atoms with Crippen LogP contribution in [0.15, 0.2) is 6.07 Å². The van der Waals surface area contributed by atoms with Gasteiger partial charge in [0, 0.05) is 12.5 Å². The van der Waals surface area contributed by atoms with E-state index in [-0.39, 0.29) is 5.91 Å². The van der Waals surface area contributed by atoms with E-state index in [4.69, 9.17) is 5.11 Å². The van der Waals surface area contributed by atoms with E-state index in [1.165, 1.54) is 11.8 Å². The molecule has 86 valence electrons. The topological polar surface area (TPSA) is 75.4 Å². The van der Waals surface area contributed by atoms with Crippen LogP contribution in [0.4, 0.5) is 5.82 Å². The van der Waals surface area contributed by atoms with Crippen LogP contribution in [-0.2, 0) is 16.1 Å². The number of aryl methyl sites for hydroxylation is 2. The summed E-state index contributed by atoms with van der Waals surface area (Å²) in [5.41, 5.74) is 0.785. The Kier molecular flexibility index (Phi) is 2.41. The van der Waals surface area contributed by atoms with Crippen LogP contribution in [0.25, 0.3) is 0 Å². The Morgan fingerprint density at radius 2 is 2.31 bits per heavy atom. The van der Waals surface area contributed by atoms with E-state index in [0.717, 1.165) is 5.69 Å². The zero-order chi connectivity index (χ0) is 11.9. The number of fused-ring (bicyclic) bond motifs is 1. The first kappa shape index (κ1) is 10.7. The van der Waals surface area contributed by atoms with E-state index in [1.54, 1.807) is 10.7 Å². The first-order valence-electron chi connectivity index (χ1n) is 5.10. The molecule has 1 aliphatic rings. The third kappa shape index (κ3) is 1.56. The number of hydrogen-bond donors (Lipinski definition) is 1. The number of aromatic nitrogens is 2. The summed E-state index contributed by atoms with van der Waals surface area (Å²) in [4.78, 5) is 24.0. The van der Waals surface area contributed by atoms with Gasteiger partial charge in [-0.1, -0.05) is 0 Å². The summed E-state index contributed by atoms with van der Waals surface area (Å²) >= 11 is 0. The molecule has 6 nitrogen and oxygen atoms in total. The Labute approximate surface area is 92.5 Å². The molecule has 6 heteroatoms. The van der Waals surface area contributed by atoms with Gasteiger partial charge in [-0.2, -0.15) is 5.10 Å². The van der Waals surface area contributed by atoms with Crippen molar-refractivity contribution in [3.05, 3.63) is 11.8 Å². The first-order valence-corrected chi connectivity index (χ1v) is 5.10. The van der Waals surface area contributed by atoms with Crippen LogP contribution in [0.2, 0.25) is 0 Å². The van der Waals surface area contributed by atoms with Crippen molar-refractivity contribution in [2.45, 2.75) is 32.9 Å². The number of nitrogens with zero attached hydrogens (tertiary/aromatic N) is 3. The average molecular weight is 223 g/mol. The molecule has 2 heterocycles. The summed E-state index contributed by atoms with van der Waals surface area (Å²) in [6.45, 7) is 3.84. The lowest BCUT2D eigenvalue weighted by molar-refractivity contribution is -0.139. The number of anilines is 1. The lowest BCUT2D eigenvalue weighted by atomic mass is 10.2. The molecule has 0 aliphatic carbocycles. The molecule has 1 amide bonds. The lowest BCUT2D eigenvalue weighted by Crippen LogP contribution is -2.47. The second-order valence-electron chi connectivity index (χ2n) is 3.90. The van der Waals surface area contributed by atoms with Gasteiger partial charge >= 0.3 is 5.97 Å². The van der Waals surface area contributed by atoms with Crippen LogP contribution < -0.4 is 4.90 Å². The van der Waals surface area contributed by atoms with Crippen LogP contribution in [0.3, 0.4) is 0 Å². The van der Waals surface area contributed by atoms with E-state index in [1.807, 2.05) is 6.92 Å². The summed E-state index contributed by atoms with van der Waals surface area (Å²) in [6, 6.07) is 0.874. The van der Waals surface area contributed by atoms with Gasteiger partial charge in [0.1, 0.15) is 11.9 Å². The van der Waals surface area contributed by atoms with E-state index >= 15 is 0 Å². The molecule has 0 saturated carbocycles. The number of aliphatic carboxylic acids is 1. The normalized spacial score (nSPS) is 17.1. The first-order chi connectivity index (χ1) is 7.50. The molecule has 1 aromatic heterocycles. The van der Waals surface area contributed by atoms with Gasteiger partial charge in [-0.25, -0.2) is 9.48 Å². The average Bonchev–Trinajstić information content (AvgIpc) is 2.57. The molecule has 0 saturated heterocycles. The molecule has 0 bridgehead atoms. The van der Waals surface area contributed by atoms with Crippen LogP contribution in [-0.4, -0.2) is 32.8 Å². The van der Waals surface area contributed by atoms with Crippen LogP contribution in [0.5, 0.6) is 0 Å². The summed E-state index contributed by atoms with van der Waals surface area (Å²) in [5, 5.41) is 13.2. The van der Waals surface area contributed by atoms with Crippen molar-refractivity contribution < 1.29 is 14.7 Å². The van der Waals surface area contributed by atoms with Crippen LogP contribution in [0.1, 0.15) is 19.0 Å².